The van der Waals surface area contributed by atoms with Crippen LogP contribution in [0.5, 0.6) is 11.6 Å². The highest BCUT2D eigenvalue weighted by atomic mass is 19.4. The number of halogens is 3. The molecule has 0 fully saturated rings. The fourth-order valence-electron chi connectivity index (χ4n) is 1.27. The molecule has 2 N–H and O–H groups in total. The second-order valence-corrected chi connectivity index (χ2v) is 3.38. The lowest BCUT2D eigenvalue weighted by Gasteiger charge is -2.09. The largest absolute Gasteiger partial charge is 0.439 e. The van der Waals surface area contributed by atoms with E-state index in [9.17, 15) is 13.2 Å². The van der Waals surface area contributed by atoms with Gasteiger partial charge in [0.05, 0.1) is 5.56 Å². The molecular weight excluding hydrogens is 247 g/mol. The summed E-state index contributed by atoms with van der Waals surface area (Å²) in [7, 11) is 0. The summed E-state index contributed by atoms with van der Waals surface area (Å²) in [5.41, 5.74) is 4.54. The minimum absolute atomic E-state index is 0.0144. The van der Waals surface area contributed by atoms with Crippen molar-refractivity contribution in [2.45, 2.75) is 6.18 Å². The van der Waals surface area contributed by atoms with E-state index in [-0.39, 0.29) is 17.6 Å². The van der Waals surface area contributed by atoms with Crippen molar-refractivity contribution < 1.29 is 17.9 Å². The summed E-state index contributed by atoms with van der Waals surface area (Å²) in [6, 6.07) is 5.90. The summed E-state index contributed by atoms with van der Waals surface area (Å²) < 4.78 is 42.6. The van der Waals surface area contributed by atoms with E-state index in [1.165, 1.54) is 24.4 Å². The standard InChI is InChI=1S/C11H8F3N3O/c12-11(13,14)7-2-1-3-8(6-7)18-9-4-5-16-10(15)17-9/h1-6H,(H2,15,16,17). The lowest BCUT2D eigenvalue weighted by molar-refractivity contribution is -0.137. The van der Waals surface area contributed by atoms with Crippen LogP contribution in [0.4, 0.5) is 19.1 Å². The van der Waals surface area contributed by atoms with E-state index in [4.69, 9.17) is 10.5 Å². The van der Waals surface area contributed by atoms with Gasteiger partial charge in [-0.05, 0) is 18.2 Å². The van der Waals surface area contributed by atoms with Crippen LogP contribution < -0.4 is 10.5 Å². The van der Waals surface area contributed by atoms with Gasteiger partial charge in [0, 0.05) is 12.3 Å². The third-order valence-electron chi connectivity index (χ3n) is 2.03. The van der Waals surface area contributed by atoms with Crippen molar-refractivity contribution in [2.24, 2.45) is 0 Å². The van der Waals surface area contributed by atoms with E-state index in [0.29, 0.717) is 0 Å². The quantitative estimate of drug-likeness (QED) is 0.896. The molecular formula is C11H8F3N3O. The van der Waals surface area contributed by atoms with Gasteiger partial charge in [-0.3, -0.25) is 0 Å². The van der Waals surface area contributed by atoms with Crippen LogP contribution in [0.1, 0.15) is 5.56 Å². The average molecular weight is 255 g/mol. The summed E-state index contributed by atoms with van der Waals surface area (Å²) in [5.74, 6) is 0.101. The van der Waals surface area contributed by atoms with Gasteiger partial charge < -0.3 is 10.5 Å². The van der Waals surface area contributed by atoms with E-state index in [2.05, 4.69) is 9.97 Å². The van der Waals surface area contributed by atoms with Gasteiger partial charge in [0.15, 0.2) is 0 Å². The zero-order valence-corrected chi connectivity index (χ0v) is 8.98. The first-order valence-corrected chi connectivity index (χ1v) is 4.89. The Morgan fingerprint density at radius 1 is 1.17 bits per heavy atom. The first kappa shape index (κ1) is 12.2. The molecule has 0 saturated carbocycles. The van der Waals surface area contributed by atoms with Crippen molar-refractivity contribution in [3.05, 3.63) is 42.1 Å². The molecule has 18 heavy (non-hydrogen) atoms. The van der Waals surface area contributed by atoms with Crippen LogP contribution in [0.2, 0.25) is 0 Å². The van der Waals surface area contributed by atoms with Crippen molar-refractivity contribution in [3.63, 3.8) is 0 Å². The number of nitrogen functional groups attached to an aromatic ring is 1. The molecule has 0 atom stereocenters. The number of hydrogen-bond acceptors (Lipinski definition) is 4. The van der Waals surface area contributed by atoms with E-state index >= 15 is 0 Å². The van der Waals surface area contributed by atoms with E-state index in [1.54, 1.807) is 0 Å². The lowest BCUT2D eigenvalue weighted by atomic mass is 10.2. The molecule has 2 aromatic rings. The third kappa shape index (κ3) is 2.88. The molecule has 0 saturated heterocycles. The third-order valence-corrected chi connectivity index (χ3v) is 2.03. The second-order valence-electron chi connectivity index (χ2n) is 3.38. The monoisotopic (exact) mass is 255 g/mol. The molecule has 4 nitrogen and oxygen atoms in total. The van der Waals surface area contributed by atoms with E-state index in [0.717, 1.165) is 12.1 Å². The Hall–Kier alpha value is -2.31. The predicted octanol–water partition coefficient (Wildman–Crippen LogP) is 2.87. The molecule has 0 unspecified atom stereocenters. The average Bonchev–Trinajstić information content (AvgIpc) is 2.28. The number of rotatable bonds is 2. The Bertz CT molecular complexity index is 557. The number of anilines is 1. The Balaban J connectivity index is 2.25. The molecule has 1 heterocycles. The number of nitrogens with two attached hydrogens (primary N) is 1. The minimum atomic E-state index is -4.41. The molecule has 0 amide bonds. The van der Waals surface area contributed by atoms with Crippen LogP contribution in [0.15, 0.2) is 36.5 Å². The van der Waals surface area contributed by atoms with Crippen molar-refractivity contribution in [1.82, 2.24) is 9.97 Å². The molecule has 2 rings (SSSR count). The number of ether oxygens (including phenoxy) is 1. The van der Waals surface area contributed by atoms with Crippen LogP contribution in [0.25, 0.3) is 0 Å². The van der Waals surface area contributed by atoms with Crippen LogP contribution in [0.3, 0.4) is 0 Å². The first-order chi connectivity index (χ1) is 8.45. The summed E-state index contributed by atoms with van der Waals surface area (Å²) in [5, 5.41) is 0. The topological polar surface area (TPSA) is 61.0 Å². The number of nitrogens with zero attached hydrogens (tertiary/aromatic N) is 2. The van der Waals surface area contributed by atoms with Gasteiger partial charge in [0.1, 0.15) is 5.75 Å². The smallest absolute Gasteiger partial charge is 0.416 e. The van der Waals surface area contributed by atoms with Crippen molar-refractivity contribution >= 4 is 5.95 Å². The lowest BCUT2D eigenvalue weighted by Crippen LogP contribution is -2.04. The van der Waals surface area contributed by atoms with Gasteiger partial charge in [0.2, 0.25) is 11.8 Å². The molecule has 7 heteroatoms. The van der Waals surface area contributed by atoms with Crippen molar-refractivity contribution in [2.75, 3.05) is 5.73 Å². The molecule has 1 aromatic heterocycles. The highest BCUT2D eigenvalue weighted by Gasteiger charge is 2.30. The zero-order chi connectivity index (χ0) is 13.2. The Labute approximate surface area is 100 Å². The highest BCUT2D eigenvalue weighted by molar-refractivity contribution is 5.33. The minimum Gasteiger partial charge on any atom is -0.439 e. The summed E-state index contributed by atoms with van der Waals surface area (Å²) in [6.07, 6.45) is -3.06. The summed E-state index contributed by atoms with van der Waals surface area (Å²) in [4.78, 5) is 7.37. The second kappa shape index (κ2) is 4.52. The number of hydrogen-bond donors (Lipinski definition) is 1. The SMILES string of the molecule is Nc1nccc(Oc2cccc(C(F)(F)F)c2)n1. The van der Waals surface area contributed by atoms with Gasteiger partial charge in [-0.2, -0.15) is 18.2 Å². The van der Waals surface area contributed by atoms with Crippen LogP contribution in [-0.2, 0) is 6.18 Å². The fraction of sp³-hybridized carbons (Fsp3) is 0.0909. The normalized spacial score (nSPS) is 11.3. The summed E-state index contributed by atoms with van der Waals surface area (Å²) in [6.45, 7) is 0. The molecule has 1 aromatic carbocycles. The Morgan fingerprint density at radius 2 is 1.94 bits per heavy atom. The number of alkyl halides is 3. The zero-order valence-electron chi connectivity index (χ0n) is 8.98. The van der Waals surface area contributed by atoms with Crippen LogP contribution in [0, 0.1) is 0 Å². The Morgan fingerprint density at radius 3 is 2.61 bits per heavy atom. The van der Waals surface area contributed by atoms with Crippen molar-refractivity contribution in [1.29, 1.82) is 0 Å². The van der Waals surface area contributed by atoms with E-state index in [1.807, 2.05) is 0 Å². The number of aromatic nitrogens is 2. The van der Waals surface area contributed by atoms with Crippen molar-refractivity contribution in [3.8, 4) is 11.6 Å². The van der Waals surface area contributed by atoms with Gasteiger partial charge in [-0.1, -0.05) is 6.07 Å². The maximum atomic E-state index is 12.5. The maximum Gasteiger partial charge on any atom is 0.416 e. The fourth-order valence-corrected chi connectivity index (χ4v) is 1.27. The summed E-state index contributed by atoms with van der Waals surface area (Å²) >= 11 is 0. The predicted molar refractivity (Wildman–Crippen MR) is 58.0 cm³/mol. The molecule has 0 bridgehead atoms. The molecule has 0 radical (unpaired) electrons. The Kier molecular flexibility index (Phi) is 3.05. The van der Waals surface area contributed by atoms with Gasteiger partial charge in [-0.15, -0.1) is 0 Å². The first-order valence-electron chi connectivity index (χ1n) is 4.89. The van der Waals surface area contributed by atoms with E-state index < -0.39 is 11.7 Å². The highest BCUT2D eigenvalue weighted by Crippen LogP contribution is 2.32. The van der Waals surface area contributed by atoms with Crippen LogP contribution >= 0.6 is 0 Å². The molecule has 94 valence electrons. The number of benzene rings is 1. The maximum absolute atomic E-state index is 12.5. The van der Waals surface area contributed by atoms with Gasteiger partial charge in [-0.25, -0.2) is 4.98 Å². The van der Waals surface area contributed by atoms with Gasteiger partial charge >= 0.3 is 6.18 Å². The van der Waals surface area contributed by atoms with Gasteiger partial charge in [0.25, 0.3) is 0 Å². The molecule has 0 aliphatic heterocycles. The van der Waals surface area contributed by atoms with Crippen LogP contribution in [-0.4, -0.2) is 9.97 Å². The molecule has 0 aliphatic rings. The molecule has 0 aliphatic carbocycles. The molecule has 0 spiro atoms.